The predicted molar refractivity (Wildman–Crippen MR) is 85.5 cm³/mol. The summed E-state index contributed by atoms with van der Waals surface area (Å²) >= 11 is 0. The van der Waals surface area contributed by atoms with Gasteiger partial charge in [0.2, 0.25) is 5.91 Å². The molecule has 1 aromatic rings. The first-order valence-corrected chi connectivity index (χ1v) is 7.90. The first-order valence-electron chi connectivity index (χ1n) is 7.90. The van der Waals surface area contributed by atoms with Crippen molar-refractivity contribution in [2.75, 3.05) is 0 Å². The summed E-state index contributed by atoms with van der Waals surface area (Å²) in [6, 6.07) is 5.10. The summed E-state index contributed by atoms with van der Waals surface area (Å²) in [5.41, 5.74) is -0.204. The number of hydrogen-bond acceptors (Lipinski definition) is 2. The Balaban J connectivity index is 2.24. The number of rotatable bonds is 7. The van der Waals surface area contributed by atoms with E-state index in [0.29, 0.717) is 31.2 Å². The van der Waals surface area contributed by atoms with E-state index >= 15 is 0 Å². The highest BCUT2D eigenvalue weighted by atomic mass is 19.1. The third kappa shape index (κ3) is 3.78. The number of carboxylic acids is 1. The Morgan fingerprint density at radius 1 is 1.39 bits per heavy atom. The van der Waals surface area contributed by atoms with Crippen LogP contribution in [0.2, 0.25) is 0 Å². The van der Waals surface area contributed by atoms with Crippen LogP contribution in [0.15, 0.2) is 36.9 Å². The fraction of sp³-hybridized carbons (Fsp3) is 0.444. The molecule has 1 aliphatic carbocycles. The average molecular weight is 319 g/mol. The Morgan fingerprint density at radius 3 is 2.65 bits per heavy atom. The molecule has 23 heavy (non-hydrogen) atoms. The van der Waals surface area contributed by atoms with Gasteiger partial charge < -0.3 is 10.4 Å². The normalized spacial score (nSPS) is 17.4. The van der Waals surface area contributed by atoms with E-state index in [-0.39, 0.29) is 11.7 Å². The Bertz CT molecular complexity index is 594. The van der Waals surface area contributed by atoms with Gasteiger partial charge in [-0.15, -0.1) is 6.58 Å². The fourth-order valence-electron chi connectivity index (χ4n) is 3.25. The standard InChI is InChI=1S/C18H22FNO3/c1-2-3-9-15(16(21)22)20-17(23)18(10-4-5-11-18)13-7-6-8-14(19)12-13/h2,6-8,12,15H,1,3-5,9-11H2,(H,20,23)(H,21,22). The van der Waals surface area contributed by atoms with E-state index in [2.05, 4.69) is 11.9 Å². The molecule has 1 unspecified atom stereocenters. The Labute approximate surface area is 135 Å². The van der Waals surface area contributed by atoms with Gasteiger partial charge in [0.05, 0.1) is 5.41 Å². The van der Waals surface area contributed by atoms with Crippen molar-refractivity contribution in [1.29, 1.82) is 0 Å². The maximum absolute atomic E-state index is 13.6. The molecule has 0 spiro atoms. The van der Waals surface area contributed by atoms with Crippen LogP contribution >= 0.6 is 0 Å². The minimum atomic E-state index is -1.06. The zero-order chi connectivity index (χ0) is 16.9. The molecular formula is C18H22FNO3. The van der Waals surface area contributed by atoms with E-state index in [1.807, 2.05) is 0 Å². The van der Waals surface area contributed by atoms with Gasteiger partial charge in [-0.3, -0.25) is 4.79 Å². The van der Waals surface area contributed by atoms with E-state index in [9.17, 15) is 19.1 Å². The molecule has 2 rings (SSSR count). The molecule has 1 atom stereocenters. The van der Waals surface area contributed by atoms with E-state index in [1.165, 1.54) is 12.1 Å². The third-order valence-electron chi connectivity index (χ3n) is 4.53. The molecule has 124 valence electrons. The minimum absolute atomic E-state index is 0.295. The molecule has 0 heterocycles. The second-order valence-electron chi connectivity index (χ2n) is 6.03. The van der Waals surface area contributed by atoms with Gasteiger partial charge in [0.25, 0.3) is 0 Å². The topological polar surface area (TPSA) is 66.4 Å². The molecule has 0 aromatic heterocycles. The lowest BCUT2D eigenvalue weighted by Crippen LogP contribution is -2.49. The maximum Gasteiger partial charge on any atom is 0.326 e. The minimum Gasteiger partial charge on any atom is -0.480 e. The summed E-state index contributed by atoms with van der Waals surface area (Å²) < 4.78 is 13.6. The number of carboxylic acid groups (broad SMARTS) is 1. The van der Waals surface area contributed by atoms with Gasteiger partial charge in [0.1, 0.15) is 11.9 Å². The van der Waals surface area contributed by atoms with Gasteiger partial charge in [-0.1, -0.05) is 31.1 Å². The van der Waals surface area contributed by atoms with Crippen molar-refractivity contribution >= 4 is 11.9 Å². The molecular weight excluding hydrogens is 297 g/mol. The number of aliphatic carboxylic acids is 1. The van der Waals surface area contributed by atoms with Crippen molar-refractivity contribution in [3.63, 3.8) is 0 Å². The number of hydrogen-bond donors (Lipinski definition) is 2. The van der Waals surface area contributed by atoms with Gasteiger partial charge in [0, 0.05) is 0 Å². The number of amides is 1. The van der Waals surface area contributed by atoms with Crippen LogP contribution in [0.4, 0.5) is 4.39 Å². The van der Waals surface area contributed by atoms with Gasteiger partial charge in [-0.05, 0) is 43.4 Å². The number of carbonyl (C=O) groups is 2. The zero-order valence-corrected chi connectivity index (χ0v) is 13.1. The van der Waals surface area contributed by atoms with Crippen molar-refractivity contribution in [2.24, 2.45) is 0 Å². The highest BCUT2D eigenvalue weighted by molar-refractivity contribution is 5.91. The Morgan fingerprint density at radius 2 is 2.09 bits per heavy atom. The second-order valence-corrected chi connectivity index (χ2v) is 6.03. The first-order chi connectivity index (χ1) is 11.0. The van der Waals surface area contributed by atoms with Crippen molar-refractivity contribution in [2.45, 2.75) is 50.0 Å². The number of carbonyl (C=O) groups excluding carboxylic acids is 1. The molecule has 1 amide bonds. The van der Waals surface area contributed by atoms with Gasteiger partial charge in [0.15, 0.2) is 0 Å². The molecule has 1 saturated carbocycles. The molecule has 0 aliphatic heterocycles. The molecule has 1 aromatic carbocycles. The van der Waals surface area contributed by atoms with Crippen LogP contribution in [0, 0.1) is 5.82 Å². The lowest BCUT2D eigenvalue weighted by Gasteiger charge is -2.30. The van der Waals surface area contributed by atoms with E-state index in [0.717, 1.165) is 12.8 Å². The maximum atomic E-state index is 13.6. The Hall–Kier alpha value is -2.17. The molecule has 0 radical (unpaired) electrons. The summed E-state index contributed by atoms with van der Waals surface area (Å²) in [7, 11) is 0. The van der Waals surface area contributed by atoms with E-state index < -0.39 is 17.4 Å². The lowest BCUT2D eigenvalue weighted by molar-refractivity contribution is -0.143. The monoisotopic (exact) mass is 319 g/mol. The third-order valence-corrected chi connectivity index (χ3v) is 4.53. The van der Waals surface area contributed by atoms with E-state index in [4.69, 9.17) is 0 Å². The van der Waals surface area contributed by atoms with Crippen LogP contribution in [0.1, 0.15) is 44.1 Å². The van der Waals surface area contributed by atoms with Crippen LogP contribution < -0.4 is 5.32 Å². The quantitative estimate of drug-likeness (QED) is 0.759. The van der Waals surface area contributed by atoms with Gasteiger partial charge in [-0.2, -0.15) is 0 Å². The highest BCUT2D eigenvalue weighted by Crippen LogP contribution is 2.41. The van der Waals surface area contributed by atoms with Gasteiger partial charge in [-0.25, -0.2) is 9.18 Å². The first kappa shape index (κ1) is 17.2. The van der Waals surface area contributed by atoms with Crippen LogP contribution in [0.5, 0.6) is 0 Å². The average Bonchev–Trinajstić information content (AvgIpc) is 3.02. The molecule has 0 saturated heterocycles. The predicted octanol–water partition coefficient (Wildman–Crippen LogP) is 3.17. The van der Waals surface area contributed by atoms with Crippen LogP contribution in [0.3, 0.4) is 0 Å². The molecule has 2 N–H and O–H groups in total. The summed E-state index contributed by atoms with van der Waals surface area (Å²) in [4.78, 5) is 24.2. The number of halogens is 1. The van der Waals surface area contributed by atoms with Crippen molar-refractivity contribution < 1.29 is 19.1 Å². The smallest absolute Gasteiger partial charge is 0.326 e. The number of nitrogens with one attached hydrogen (secondary N) is 1. The largest absolute Gasteiger partial charge is 0.480 e. The number of benzene rings is 1. The van der Waals surface area contributed by atoms with Crippen LogP contribution in [0.25, 0.3) is 0 Å². The van der Waals surface area contributed by atoms with Crippen LogP contribution in [-0.2, 0) is 15.0 Å². The molecule has 5 heteroatoms. The summed E-state index contributed by atoms with van der Waals surface area (Å²) in [6.45, 7) is 3.57. The molecule has 1 aliphatic rings. The SMILES string of the molecule is C=CCCC(NC(=O)C1(c2cccc(F)c2)CCCC1)C(=O)O. The fourth-order valence-corrected chi connectivity index (χ4v) is 3.25. The molecule has 0 bridgehead atoms. The summed E-state index contributed by atoms with van der Waals surface area (Å²) in [5.74, 6) is -1.77. The van der Waals surface area contributed by atoms with E-state index in [1.54, 1.807) is 18.2 Å². The van der Waals surface area contributed by atoms with Gasteiger partial charge >= 0.3 is 5.97 Å². The van der Waals surface area contributed by atoms with Crippen molar-refractivity contribution in [3.05, 3.63) is 48.3 Å². The molecule has 4 nitrogen and oxygen atoms in total. The van der Waals surface area contributed by atoms with Crippen molar-refractivity contribution in [1.82, 2.24) is 5.32 Å². The second kappa shape index (κ2) is 7.40. The number of allylic oxidation sites excluding steroid dienone is 1. The Kier molecular flexibility index (Phi) is 5.53. The van der Waals surface area contributed by atoms with Crippen LogP contribution in [-0.4, -0.2) is 23.0 Å². The molecule has 1 fully saturated rings. The summed E-state index contributed by atoms with van der Waals surface area (Å²) in [6.07, 6.45) is 5.38. The zero-order valence-electron chi connectivity index (χ0n) is 13.1. The lowest BCUT2D eigenvalue weighted by atomic mass is 9.77. The van der Waals surface area contributed by atoms with Crippen molar-refractivity contribution in [3.8, 4) is 0 Å². The highest BCUT2D eigenvalue weighted by Gasteiger charge is 2.43. The summed E-state index contributed by atoms with van der Waals surface area (Å²) in [5, 5.41) is 11.9.